The van der Waals surface area contributed by atoms with Gasteiger partial charge in [0.2, 0.25) is 17.6 Å². The molecule has 0 aliphatic carbocycles. The van der Waals surface area contributed by atoms with Crippen LogP contribution in [0.1, 0.15) is 19.4 Å². The molecular weight excluding hydrogens is 534 g/mol. The average Bonchev–Trinajstić information content (AvgIpc) is 3.03. The largest absolute Gasteiger partial charge is 0.490 e. The number of nitrogens with one attached hydrogen (secondary N) is 1. The quantitative estimate of drug-likeness (QED) is 0.351. The fraction of sp³-hybridized carbons (Fsp3) is 0.182. The number of primary amides is 1. The SMILES string of the molecule is CCOc1cc(/C=C2\SC(=O)N(CC(N)=O)C2=O)cc(Cl)c1OS(=O)(=O)c1ccc(NC(C)=O)cc1. The van der Waals surface area contributed by atoms with Crippen LogP contribution in [0.4, 0.5) is 10.5 Å². The fourth-order valence-corrected chi connectivity index (χ4v) is 5.12. The van der Waals surface area contributed by atoms with Crippen molar-refractivity contribution in [2.24, 2.45) is 5.73 Å². The lowest BCUT2D eigenvalue weighted by Crippen LogP contribution is -2.36. The molecule has 1 aliphatic rings. The van der Waals surface area contributed by atoms with Gasteiger partial charge in [-0.3, -0.25) is 24.1 Å². The third-order valence-electron chi connectivity index (χ3n) is 4.47. The highest BCUT2D eigenvalue weighted by Crippen LogP contribution is 2.40. The summed E-state index contributed by atoms with van der Waals surface area (Å²) in [7, 11) is -4.34. The zero-order valence-electron chi connectivity index (χ0n) is 18.9. The molecule has 1 saturated heterocycles. The topological polar surface area (TPSA) is 162 Å². The number of carbonyl (C=O) groups is 4. The van der Waals surface area contributed by atoms with E-state index in [1.165, 1.54) is 49.4 Å². The van der Waals surface area contributed by atoms with Gasteiger partial charge in [0.05, 0.1) is 16.5 Å². The molecule has 1 fully saturated rings. The molecule has 0 radical (unpaired) electrons. The van der Waals surface area contributed by atoms with Gasteiger partial charge in [0.1, 0.15) is 11.4 Å². The van der Waals surface area contributed by atoms with Crippen molar-refractivity contribution in [2.75, 3.05) is 18.5 Å². The van der Waals surface area contributed by atoms with E-state index in [0.717, 1.165) is 0 Å². The molecule has 14 heteroatoms. The second-order valence-electron chi connectivity index (χ2n) is 7.24. The zero-order chi connectivity index (χ0) is 26.6. The van der Waals surface area contributed by atoms with Gasteiger partial charge >= 0.3 is 10.1 Å². The molecule has 2 aromatic carbocycles. The van der Waals surface area contributed by atoms with Gasteiger partial charge in [-0.2, -0.15) is 8.42 Å². The van der Waals surface area contributed by atoms with Gasteiger partial charge in [0.15, 0.2) is 5.75 Å². The molecule has 36 heavy (non-hydrogen) atoms. The number of hydrogen-bond acceptors (Lipinski definition) is 9. The standard InChI is InChI=1S/C22H20ClN3O8S2/c1-3-33-17-9-13(10-18-21(29)26(11-19(24)28)22(30)35-18)8-16(23)20(17)34-36(31,32)15-6-4-14(5-7-15)25-12(2)27/h4-10H,3,11H2,1-2H3,(H2,24,28)(H,25,27)/b18-10-. The lowest BCUT2D eigenvalue weighted by molar-refractivity contribution is -0.127. The van der Waals surface area contributed by atoms with Gasteiger partial charge in [-0.15, -0.1) is 0 Å². The van der Waals surface area contributed by atoms with Crippen molar-refractivity contribution in [3.05, 3.63) is 51.9 Å². The summed E-state index contributed by atoms with van der Waals surface area (Å²) >= 11 is 6.93. The maximum atomic E-state index is 12.8. The molecular formula is C22H20ClN3O8S2. The number of carbonyl (C=O) groups excluding carboxylic acids is 4. The van der Waals surface area contributed by atoms with Crippen molar-refractivity contribution >= 4 is 68.2 Å². The molecule has 1 heterocycles. The molecule has 0 atom stereocenters. The molecule has 0 saturated carbocycles. The van der Waals surface area contributed by atoms with Gasteiger partial charge in [-0.1, -0.05) is 11.6 Å². The second kappa shape index (κ2) is 11.0. The minimum absolute atomic E-state index is 0.0142. The predicted molar refractivity (Wildman–Crippen MR) is 133 cm³/mol. The van der Waals surface area contributed by atoms with Crippen LogP contribution in [0.3, 0.4) is 0 Å². The van der Waals surface area contributed by atoms with E-state index in [0.29, 0.717) is 27.9 Å². The number of benzene rings is 2. The Morgan fingerprint density at radius 3 is 2.44 bits per heavy atom. The molecule has 1 aliphatic heterocycles. The first-order chi connectivity index (χ1) is 16.9. The van der Waals surface area contributed by atoms with Crippen LogP contribution in [0, 0.1) is 0 Å². The summed E-state index contributed by atoms with van der Waals surface area (Å²) in [6, 6.07) is 8.03. The monoisotopic (exact) mass is 553 g/mol. The molecule has 0 bridgehead atoms. The van der Waals surface area contributed by atoms with Gasteiger partial charge in [0.25, 0.3) is 11.1 Å². The first-order valence-corrected chi connectivity index (χ1v) is 12.8. The summed E-state index contributed by atoms with van der Waals surface area (Å²) in [5.74, 6) is -2.15. The van der Waals surface area contributed by atoms with Crippen molar-refractivity contribution in [1.29, 1.82) is 0 Å². The molecule has 3 N–H and O–H groups in total. The average molecular weight is 554 g/mol. The molecule has 2 aromatic rings. The number of amides is 4. The van der Waals surface area contributed by atoms with Crippen LogP contribution in [-0.2, 0) is 24.5 Å². The van der Waals surface area contributed by atoms with Gasteiger partial charge in [-0.05, 0) is 66.7 Å². The molecule has 3 rings (SSSR count). The second-order valence-corrected chi connectivity index (χ2v) is 10.2. The van der Waals surface area contributed by atoms with E-state index in [1.807, 2.05) is 0 Å². The van der Waals surface area contributed by atoms with E-state index in [1.54, 1.807) is 6.92 Å². The maximum absolute atomic E-state index is 12.8. The number of rotatable bonds is 9. The van der Waals surface area contributed by atoms with E-state index >= 15 is 0 Å². The van der Waals surface area contributed by atoms with Crippen LogP contribution in [0.15, 0.2) is 46.2 Å². The van der Waals surface area contributed by atoms with Crippen LogP contribution in [0.5, 0.6) is 11.5 Å². The minimum atomic E-state index is -4.34. The van der Waals surface area contributed by atoms with Crippen LogP contribution in [0.2, 0.25) is 5.02 Å². The molecule has 190 valence electrons. The van der Waals surface area contributed by atoms with E-state index in [9.17, 15) is 27.6 Å². The van der Waals surface area contributed by atoms with Gasteiger partial charge in [0, 0.05) is 12.6 Å². The summed E-state index contributed by atoms with van der Waals surface area (Å²) < 4.78 is 36.5. The molecule has 0 spiro atoms. The van der Waals surface area contributed by atoms with Crippen LogP contribution >= 0.6 is 23.4 Å². The highest BCUT2D eigenvalue weighted by molar-refractivity contribution is 8.18. The number of thioether (sulfide) groups is 1. The summed E-state index contributed by atoms with van der Waals surface area (Å²) in [5.41, 5.74) is 5.79. The number of anilines is 1. The fourth-order valence-electron chi connectivity index (χ4n) is 3.02. The Labute approximate surface area is 215 Å². The summed E-state index contributed by atoms with van der Waals surface area (Å²) in [6.07, 6.45) is 1.35. The minimum Gasteiger partial charge on any atom is -0.490 e. The molecule has 0 unspecified atom stereocenters. The number of imide groups is 1. The van der Waals surface area contributed by atoms with Crippen molar-refractivity contribution in [1.82, 2.24) is 4.90 Å². The first kappa shape index (κ1) is 27.0. The number of ether oxygens (including phenoxy) is 1. The number of halogens is 1. The Hall–Kier alpha value is -3.55. The summed E-state index contributed by atoms with van der Waals surface area (Å²) in [4.78, 5) is 47.3. The molecule has 4 amide bonds. The van der Waals surface area contributed by atoms with Crippen LogP contribution in [-0.4, -0.2) is 49.4 Å². The Morgan fingerprint density at radius 1 is 1.19 bits per heavy atom. The lowest BCUT2D eigenvalue weighted by Gasteiger charge is -2.15. The molecule has 0 aromatic heterocycles. The number of nitrogens with two attached hydrogens (primary N) is 1. The Balaban J connectivity index is 1.92. The number of nitrogens with zero attached hydrogens (tertiary/aromatic N) is 1. The summed E-state index contributed by atoms with van der Waals surface area (Å²) in [5, 5.41) is 1.74. The Kier molecular flexibility index (Phi) is 8.28. The highest BCUT2D eigenvalue weighted by atomic mass is 35.5. The predicted octanol–water partition coefficient (Wildman–Crippen LogP) is 2.99. The van der Waals surface area contributed by atoms with E-state index < -0.39 is 33.7 Å². The maximum Gasteiger partial charge on any atom is 0.339 e. The van der Waals surface area contributed by atoms with E-state index in [2.05, 4.69) is 5.32 Å². The van der Waals surface area contributed by atoms with E-state index in [-0.39, 0.29) is 38.8 Å². The summed E-state index contributed by atoms with van der Waals surface area (Å²) in [6.45, 7) is 2.57. The van der Waals surface area contributed by atoms with Crippen molar-refractivity contribution in [2.45, 2.75) is 18.7 Å². The van der Waals surface area contributed by atoms with Crippen molar-refractivity contribution in [3.8, 4) is 11.5 Å². The van der Waals surface area contributed by atoms with Crippen molar-refractivity contribution in [3.63, 3.8) is 0 Å². The lowest BCUT2D eigenvalue weighted by atomic mass is 10.2. The first-order valence-electron chi connectivity index (χ1n) is 10.2. The normalized spacial score (nSPS) is 14.8. The smallest absolute Gasteiger partial charge is 0.339 e. The number of hydrogen-bond donors (Lipinski definition) is 2. The third-order valence-corrected chi connectivity index (χ3v) is 6.90. The molecule has 11 nitrogen and oxygen atoms in total. The van der Waals surface area contributed by atoms with Gasteiger partial charge < -0.3 is 20.0 Å². The van der Waals surface area contributed by atoms with Crippen LogP contribution < -0.4 is 20.0 Å². The highest BCUT2D eigenvalue weighted by Gasteiger charge is 2.36. The van der Waals surface area contributed by atoms with Crippen molar-refractivity contribution < 1.29 is 36.5 Å². The van der Waals surface area contributed by atoms with Gasteiger partial charge in [-0.25, -0.2) is 0 Å². The Morgan fingerprint density at radius 2 is 1.86 bits per heavy atom. The van der Waals surface area contributed by atoms with Crippen LogP contribution in [0.25, 0.3) is 6.08 Å². The third kappa shape index (κ3) is 6.36. The van der Waals surface area contributed by atoms with E-state index in [4.69, 9.17) is 26.3 Å². The zero-order valence-corrected chi connectivity index (χ0v) is 21.3. The Bertz CT molecular complexity index is 1370.